The van der Waals surface area contributed by atoms with E-state index in [1.807, 2.05) is 11.6 Å². The molecule has 4 N–H and O–H groups in total. The summed E-state index contributed by atoms with van der Waals surface area (Å²) in [5, 5.41) is 5.38. The summed E-state index contributed by atoms with van der Waals surface area (Å²) >= 11 is 1.69. The molecule has 11 heteroatoms. The fourth-order valence-electron chi connectivity index (χ4n) is 2.27. The standard InChI is InChI=1S/C18H29N3O6S2/c1-5-28-11-10-19-16(22)15(20-17(23)27-18(2,3)4)12-13-6-8-14(9-7-13)21-29(24,25)26/h6-9,15,21H,5,10-12H2,1-4H3,(H,19,22)(H,20,23)(H,24,25,26)/t15-/m0/s1. The minimum absolute atomic E-state index is 0.175. The van der Waals surface area contributed by atoms with E-state index in [1.54, 1.807) is 44.7 Å². The Morgan fingerprint density at radius 2 is 1.83 bits per heavy atom. The molecule has 1 aromatic carbocycles. The molecule has 0 aromatic heterocycles. The molecule has 0 radical (unpaired) electrons. The monoisotopic (exact) mass is 447 g/mol. The molecule has 2 amide bonds. The van der Waals surface area contributed by atoms with Crippen molar-refractivity contribution in [3.05, 3.63) is 29.8 Å². The van der Waals surface area contributed by atoms with Crippen molar-refractivity contribution in [2.24, 2.45) is 0 Å². The van der Waals surface area contributed by atoms with Gasteiger partial charge < -0.3 is 15.4 Å². The third-order valence-electron chi connectivity index (χ3n) is 3.40. The normalized spacial score (nSPS) is 12.7. The van der Waals surface area contributed by atoms with Crippen molar-refractivity contribution >= 4 is 39.8 Å². The smallest absolute Gasteiger partial charge is 0.408 e. The summed E-state index contributed by atoms with van der Waals surface area (Å²) in [5.41, 5.74) is 0.158. The number of alkyl carbamates (subject to hydrolysis) is 1. The fourth-order valence-corrected chi connectivity index (χ4v) is 3.24. The van der Waals surface area contributed by atoms with E-state index in [2.05, 4.69) is 10.6 Å². The zero-order chi connectivity index (χ0) is 22.1. The van der Waals surface area contributed by atoms with Gasteiger partial charge in [-0.2, -0.15) is 20.2 Å². The lowest BCUT2D eigenvalue weighted by atomic mass is 10.0. The predicted octanol–water partition coefficient (Wildman–Crippen LogP) is 2.21. The van der Waals surface area contributed by atoms with Gasteiger partial charge in [0.1, 0.15) is 11.6 Å². The summed E-state index contributed by atoms with van der Waals surface area (Å²) in [4.78, 5) is 24.7. The van der Waals surface area contributed by atoms with Gasteiger partial charge >= 0.3 is 16.4 Å². The number of amides is 2. The molecule has 0 saturated heterocycles. The highest BCUT2D eigenvalue weighted by Gasteiger charge is 2.24. The van der Waals surface area contributed by atoms with Gasteiger partial charge in [-0.3, -0.25) is 14.1 Å². The molecular weight excluding hydrogens is 418 g/mol. The van der Waals surface area contributed by atoms with Crippen LogP contribution >= 0.6 is 11.8 Å². The maximum atomic E-state index is 12.6. The third kappa shape index (κ3) is 11.6. The van der Waals surface area contributed by atoms with E-state index in [0.717, 1.165) is 11.5 Å². The maximum Gasteiger partial charge on any atom is 0.408 e. The van der Waals surface area contributed by atoms with Crippen LogP contribution in [0.2, 0.25) is 0 Å². The van der Waals surface area contributed by atoms with Gasteiger partial charge in [-0.15, -0.1) is 0 Å². The Labute approximate surface area is 176 Å². The molecular formula is C18H29N3O6S2. The minimum atomic E-state index is -4.36. The van der Waals surface area contributed by atoms with Crippen molar-refractivity contribution in [1.82, 2.24) is 10.6 Å². The van der Waals surface area contributed by atoms with Gasteiger partial charge in [0.05, 0.1) is 5.69 Å². The van der Waals surface area contributed by atoms with E-state index in [0.29, 0.717) is 12.1 Å². The number of nitrogens with one attached hydrogen (secondary N) is 3. The van der Waals surface area contributed by atoms with Crippen LogP contribution in [0.25, 0.3) is 0 Å². The summed E-state index contributed by atoms with van der Waals surface area (Å²) < 4.78 is 37.7. The Hall–Kier alpha value is -1.98. The highest BCUT2D eigenvalue weighted by Crippen LogP contribution is 2.13. The summed E-state index contributed by atoms with van der Waals surface area (Å²) in [7, 11) is -4.36. The number of carbonyl (C=O) groups excluding carboxylic acids is 2. The van der Waals surface area contributed by atoms with Crippen molar-refractivity contribution < 1.29 is 27.3 Å². The lowest BCUT2D eigenvalue weighted by Gasteiger charge is -2.23. The quantitative estimate of drug-likeness (QED) is 0.319. The van der Waals surface area contributed by atoms with Gasteiger partial charge in [-0.05, 0) is 44.2 Å². The Balaban J connectivity index is 2.83. The average Bonchev–Trinajstić information content (AvgIpc) is 2.56. The average molecular weight is 448 g/mol. The molecule has 0 aliphatic heterocycles. The lowest BCUT2D eigenvalue weighted by Crippen LogP contribution is -2.49. The van der Waals surface area contributed by atoms with E-state index in [4.69, 9.17) is 9.29 Å². The van der Waals surface area contributed by atoms with Gasteiger partial charge in [0.15, 0.2) is 0 Å². The second-order valence-electron chi connectivity index (χ2n) is 7.16. The Bertz CT molecular complexity index is 776. The van der Waals surface area contributed by atoms with E-state index in [-0.39, 0.29) is 18.0 Å². The zero-order valence-electron chi connectivity index (χ0n) is 17.0. The van der Waals surface area contributed by atoms with Crippen LogP contribution in [0, 0.1) is 0 Å². The fraction of sp³-hybridized carbons (Fsp3) is 0.556. The molecule has 0 aliphatic carbocycles. The molecule has 1 aromatic rings. The number of ether oxygens (including phenoxy) is 1. The number of thioether (sulfide) groups is 1. The van der Waals surface area contributed by atoms with Gasteiger partial charge in [0.2, 0.25) is 5.91 Å². The van der Waals surface area contributed by atoms with Crippen molar-refractivity contribution in [2.75, 3.05) is 22.8 Å². The van der Waals surface area contributed by atoms with Crippen LogP contribution in [0.1, 0.15) is 33.3 Å². The second kappa shape index (κ2) is 11.3. The van der Waals surface area contributed by atoms with Gasteiger partial charge in [-0.1, -0.05) is 19.1 Å². The highest BCUT2D eigenvalue weighted by molar-refractivity contribution is 7.99. The molecule has 164 valence electrons. The number of anilines is 1. The number of rotatable bonds is 10. The SMILES string of the molecule is CCSCCNC(=O)[C@H](Cc1ccc(NS(=O)(=O)O)cc1)NC(=O)OC(C)(C)C. The molecule has 0 heterocycles. The summed E-state index contributed by atoms with van der Waals surface area (Å²) in [6.07, 6.45) is -0.525. The molecule has 0 bridgehead atoms. The molecule has 0 unspecified atom stereocenters. The van der Waals surface area contributed by atoms with E-state index >= 15 is 0 Å². The van der Waals surface area contributed by atoms with Crippen molar-refractivity contribution in [3.8, 4) is 0 Å². The Kier molecular flexibility index (Phi) is 9.74. The van der Waals surface area contributed by atoms with Crippen LogP contribution in [0.15, 0.2) is 24.3 Å². The molecule has 0 fully saturated rings. The first-order valence-electron chi connectivity index (χ1n) is 9.09. The molecule has 29 heavy (non-hydrogen) atoms. The Morgan fingerprint density at radius 1 is 1.21 bits per heavy atom. The highest BCUT2D eigenvalue weighted by atomic mass is 32.2. The molecule has 0 spiro atoms. The number of hydrogen-bond acceptors (Lipinski definition) is 6. The summed E-state index contributed by atoms with van der Waals surface area (Å²) in [6, 6.07) is 5.22. The van der Waals surface area contributed by atoms with Crippen molar-refractivity contribution in [1.29, 1.82) is 0 Å². The zero-order valence-corrected chi connectivity index (χ0v) is 18.7. The topological polar surface area (TPSA) is 134 Å². The largest absolute Gasteiger partial charge is 0.444 e. The molecule has 9 nitrogen and oxygen atoms in total. The number of benzene rings is 1. The van der Waals surface area contributed by atoms with Gasteiger partial charge in [-0.25, -0.2) is 4.79 Å². The number of carbonyl (C=O) groups is 2. The van der Waals surface area contributed by atoms with E-state index in [1.165, 1.54) is 12.1 Å². The number of hydrogen-bond donors (Lipinski definition) is 4. The summed E-state index contributed by atoms with van der Waals surface area (Å²) in [5.74, 6) is 1.37. The molecule has 0 aliphatic rings. The van der Waals surface area contributed by atoms with Crippen LogP contribution < -0.4 is 15.4 Å². The molecule has 1 rings (SSSR count). The first-order valence-corrected chi connectivity index (χ1v) is 11.7. The molecule has 0 saturated carbocycles. The predicted molar refractivity (Wildman–Crippen MR) is 114 cm³/mol. The van der Waals surface area contributed by atoms with Gasteiger partial charge in [0, 0.05) is 18.7 Å². The summed E-state index contributed by atoms with van der Waals surface area (Å²) in [6.45, 7) is 7.68. The second-order valence-corrected chi connectivity index (χ2v) is 9.71. The van der Waals surface area contributed by atoms with Crippen LogP contribution in [0.3, 0.4) is 0 Å². The van der Waals surface area contributed by atoms with Crippen LogP contribution in [0.4, 0.5) is 10.5 Å². The maximum absolute atomic E-state index is 12.6. The van der Waals surface area contributed by atoms with Gasteiger partial charge in [0.25, 0.3) is 0 Å². The molecule has 1 atom stereocenters. The third-order valence-corrected chi connectivity index (χ3v) is 4.79. The first-order chi connectivity index (χ1) is 13.4. The van der Waals surface area contributed by atoms with Crippen LogP contribution in [-0.2, 0) is 26.3 Å². The van der Waals surface area contributed by atoms with Crippen LogP contribution in [-0.4, -0.2) is 54.7 Å². The van der Waals surface area contributed by atoms with Crippen molar-refractivity contribution in [3.63, 3.8) is 0 Å². The van der Waals surface area contributed by atoms with E-state index in [9.17, 15) is 18.0 Å². The Morgan fingerprint density at radius 3 is 2.34 bits per heavy atom. The first kappa shape index (κ1) is 25.1. The van der Waals surface area contributed by atoms with E-state index < -0.39 is 28.0 Å². The van der Waals surface area contributed by atoms with Crippen LogP contribution in [0.5, 0.6) is 0 Å². The van der Waals surface area contributed by atoms with Crippen molar-refractivity contribution in [2.45, 2.75) is 45.8 Å². The minimum Gasteiger partial charge on any atom is -0.444 e. The lowest BCUT2D eigenvalue weighted by molar-refractivity contribution is -0.123.